The number of fused-ring (bicyclic) bond motifs is 3. The lowest BCUT2D eigenvalue weighted by Gasteiger charge is -2.11. The lowest BCUT2D eigenvalue weighted by molar-refractivity contribution is -0.0498. The highest BCUT2D eigenvalue weighted by Crippen LogP contribution is 2.34. The topological polar surface area (TPSA) is 57.2 Å². The van der Waals surface area contributed by atoms with Gasteiger partial charge in [0.25, 0.3) is 0 Å². The van der Waals surface area contributed by atoms with Gasteiger partial charge in [0.2, 0.25) is 5.91 Å². The van der Waals surface area contributed by atoms with E-state index in [4.69, 9.17) is 5.73 Å². The standard InChI is InChI=1S/C24H22F2N2O2/c1-14(2)16-9-10-18-21(12-16)28(20-8-4-7-19(22(18)20)23(27)29)13-15-5-3-6-17(11-15)30-24(25)26/h3-12,14,24H,13H2,1-2H3,(H2,27,29). The first-order valence-corrected chi connectivity index (χ1v) is 9.73. The molecule has 3 aromatic carbocycles. The number of rotatable bonds is 6. The Morgan fingerprint density at radius 1 is 1.03 bits per heavy atom. The first-order valence-electron chi connectivity index (χ1n) is 9.73. The second-order valence-electron chi connectivity index (χ2n) is 7.61. The lowest BCUT2D eigenvalue weighted by atomic mass is 10.00. The summed E-state index contributed by atoms with van der Waals surface area (Å²) in [6, 6.07) is 18.3. The number of hydrogen-bond acceptors (Lipinski definition) is 2. The van der Waals surface area contributed by atoms with Gasteiger partial charge in [0.15, 0.2) is 0 Å². The van der Waals surface area contributed by atoms with E-state index >= 15 is 0 Å². The smallest absolute Gasteiger partial charge is 0.387 e. The predicted octanol–water partition coefficient (Wildman–Crippen LogP) is 5.67. The van der Waals surface area contributed by atoms with Crippen LogP contribution in [0.1, 0.15) is 41.3 Å². The van der Waals surface area contributed by atoms with Crippen LogP contribution < -0.4 is 10.5 Å². The van der Waals surface area contributed by atoms with Crippen molar-refractivity contribution in [2.75, 3.05) is 0 Å². The van der Waals surface area contributed by atoms with Crippen LogP contribution in [-0.2, 0) is 6.54 Å². The van der Waals surface area contributed by atoms with Crippen LogP contribution in [0.15, 0.2) is 60.7 Å². The van der Waals surface area contributed by atoms with Gasteiger partial charge in [-0.2, -0.15) is 8.78 Å². The van der Waals surface area contributed by atoms with Gasteiger partial charge >= 0.3 is 6.61 Å². The number of carbonyl (C=O) groups is 1. The summed E-state index contributed by atoms with van der Waals surface area (Å²) in [6.07, 6.45) is 0. The molecule has 30 heavy (non-hydrogen) atoms. The fourth-order valence-electron chi connectivity index (χ4n) is 3.90. The van der Waals surface area contributed by atoms with Crippen LogP contribution in [0, 0.1) is 0 Å². The Bertz CT molecular complexity index is 1240. The highest BCUT2D eigenvalue weighted by Gasteiger charge is 2.17. The van der Waals surface area contributed by atoms with E-state index < -0.39 is 12.5 Å². The molecule has 4 nitrogen and oxygen atoms in total. The first kappa shape index (κ1) is 19.9. The molecule has 4 aromatic rings. The van der Waals surface area contributed by atoms with E-state index in [-0.39, 0.29) is 5.75 Å². The summed E-state index contributed by atoms with van der Waals surface area (Å²) in [6.45, 7) is 1.80. The van der Waals surface area contributed by atoms with Gasteiger partial charge in [-0.25, -0.2) is 0 Å². The van der Waals surface area contributed by atoms with E-state index in [2.05, 4.69) is 35.3 Å². The van der Waals surface area contributed by atoms with Crippen LogP contribution >= 0.6 is 0 Å². The Hall–Kier alpha value is -3.41. The predicted molar refractivity (Wildman–Crippen MR) is 114 cm³/mol. The van der Waals surface area contributed by atoms with E-state index in [1.807, 2.05) is 18.2 Å². The van der Waals surface area contributed by atoms with Gasteiger partial charge in [-0.05, 0) is 47.4 Å². The van der Waals surface area contributed by atoms with Gasteiger partial charge < -0.3 is 15.0 Å². The largest absolute Gasteiger partial charge is 0.435 e. The molecule has 6 heteroatoms. The Labute approximate surface area is 172 Å². The van der Waals surface area contributed by atoms with E-state index in [9.17, 15) is 13.6 Å². The van der Waals surface area contributed by atoms with Gasteiger partial charge in [-0.3, -0.25) is 4.79 Å². The zero-order valence-corrected chi connectivity index (χ0v) is 16.7. The van der Waals surface area contributed by atoms with Crippen molar-refractivity contribution in [1.29, 1.82) is 0 Å². The summed E-state index contributed by atoms with van der Waals surface area (Å²) < 4.78 is 31.9. The summed E-state index contributed by atoms with van der Waals surface area (Å²) in [7, 11) is 0. The summed E-state index contributed by atoms with van der Waals surface area (Å²) in [4.78, 5) is 12.1. The fraction of sp³-hybridized carbons (Fsp3) is 0.208. The number of carbonyl (C=O) groups excluding carboxylic acids is 1. The van der Waals surface area contributed by atoms with Crippen LogP contribution in [0.4, 0.5) is 8.78 Å². The van der Waals surface area contributed by atoms with E-state index in [0.29, 0.717) is 18.0 Å². The zero-order chi connectivity index (χ0) is 21.4. The second-order valence-corrected chi connectivity index (χ2v) is 7.61. The third-order valence-corrected chi connectivity index (χ3v) is 5.31. The van der Waals surface area contributed by atoms with E-state index in [0.717, 1.165) is 27.4 Å². The number of nitrogens with two attached hydrogens (primary N) is 1. The van der Waals surface area contributed by atoms with Crippen molar-refractivity contribution in [2.24, 2.45) is 5.73 Å². The number of hydrogen-bond donors (Lipinski definition) is 1. The molecule has 4 rings (SSSR count). The second kappa shape index (κ2) is 7.78. The number of primary amides is 1. The number of ether oxygens (including phenoxy) is 1. The molecule has 0 saturated heterocycles. The number of benzene rings is 3. The summed E-state index contributed by atoms with van der Waals surface area (Å²) >= 11 is 0. The number of aromatic nitrogens is 1. The minimum Gasteiger partial charge on any atom is -0.435 e. The van der Waals surface area contributed by atoms with E-state index in [1.165, 1.54) is 11.6 Å². The molecule has 0 aliphatic heterocycles. The Balaban J connectivity index is 1.94. The minimum absolute atomic E-state index is 0.115. The molecule has 1 aromatic heterocycles. The Morgan fingerprint density at radius 3 is 2.50 bits per heavy atom. The minimum atomic E-state index is -2.87. The van der Waals surface area contributed by atoms with Crippen molar-refractivity contribution in [1.82, 2.24) is 4.57 Å². The summed E-state index contributed by atoms with van der Waals surface area (Å²) in [5, 5.41) is 1.74. The van der Waals surface area contributed by atoms with Crippen LogP contribution in [-0.4, -0.2) is 17.1 Å². The molecule has 0 saturated carbocycles. The molecule has 0 fully saturated rings. The van der Waals surface area contributed by atoms with Crippen molar-refractivity contribution >= 4 is 27.7 Å². The lowest BCUT2D eigenvalue weighted by Crippen LogP contribution is -2.11. The van der Waals surface area contributed by atoms with E-state index in [1.54, 1.807) is 24.3 Å². The number of halogens is 2. The molecule has 1 heterocycles. The van der Waals surface area contributed by atoms with Crippen LogP contribution in [0.3, 0.4) is 0 Å². The monoisotopic (exact) mass is 408 g/mol. The molecule has 154 valence electrons. The maximum absolute atomic E-state index is 12.6. The van der Waals surface area contributed by atoms with Gasteiger partial charge in [0.1, 0.15) is 5.75 Å². The zero-order valence-electron chi connectivity index (χ0n) is 16.7. The van der Waals surface area contributed by atoms with Crippen molar-refractivity contribution in [3.05, 3.63) is 77.4 Å². The molecule has 1 amide bonds. The average Bonchev–Trinajstić information content (AvgIpc) is 3.01. The fourth-order valence-corrected chi connectivity index (χ4v) is 3.90. The quantitative estimate of drug-likeness (QED) is 0.447. The maximum atomic E-state index is 12.6. The van der Waals surface area contributed by atoms with Gasteiger partial charge in [-0.15, -0.1) is 0 Å². The molecule has 0 atom stereocenters. The molecule has 2 N–H and O–H groups in total. The van der Waals surface area contributed by atoms with Crippen molar-refractivity contribution < 1.29 is 18.3 Å². The average molecular weight is 408 g/mol. The van der Waals surface area contributed by atoms with Gasteiger partial charge in [-0.1, -0.05) is 44.2 Å². The maximum Gasteiger partial charge on any atom is 0.387 e. The third kappa shape index (κ3) is 3.61. The molecule has 0 spiro atoms. The normalized spacial score (nSPS) is 11.7. The van der Waals surface area contributed by atoms with Crippen LogP contribution in [0.5, 0.6) is 5.75 Å². The number of alkyl halides is 2. The molecule has 0 bridgehead atoms. The molecule has 0 aliphatic rings. The summed E-state index contributed by atoms with van der Waals surface area (Å²) in [5.41, 5.74) is 9.91. The van der Waals surface area contributed by atoms with Crippen LogP contribution in [0.25, 0.3) is 21.8 Å². The number of nitrogens with zero attached hydrogens (tertiary/aromatic N) is 1. The van der Waals surface area contributed by atoms with Gasteiger partial charge in [0.05, 0.1) is 5.52 Å². The number of amides is 1. The van der Waals surface area contributed by atoms with Crippen molar-refractivity contribution in [3.8, 4) is 5.75 Å². The molecule has 0 aliphatic carbocycles. The Morgan fingerprint density at radius 2 is 1.80 bits per heavy atom. The van der Waals surface area contributed by atoms with Crippen molar-refractivity contribution in [2.45, 2.75) is 32.9 Å². The molecule has 0 radical (unpaired) electrons. The molecule has 0 unspecified atom stereocenters. The Kier molecular flexibility index (Phi) is 5.16. The van der Waals surface area contributed by atoms with Gasteiger partial charge in [0, 0.05) is 28.4 Å². The molecular weight excluding hydrogens is 386 g/mol. The first-order chi connectivity index (χ1) is 14.3. The SMILES string of the molecule is CC(C)c1ccc2c3c(C(N)=O)cccc3n(Cc3cccc(OC(F)F)c3)c2c1. The summed E-state index contributed by atoms with van der Waals surface area (Å²) in [5.74, 6) is -0.0388. The third-order valence-electron chi connectivity index (χ3n) is 5.31. The van der Waals surface area contributed by atoms with Crippen molar-refractivity contribution in [3.63, 3.8) is 0 Å². The highest BCUT2D eigenvalue weighted by molar-refractivity contribution is 6.18. The highest BCUT2D eigenvalue weighted by atomic mass is 19.3. The molecular formula is C24H22F2N2O2. The van der Waals surface area contributed by atoms with Crippen LogP contribution in [0.2, 0.25) is 0 Å².